The number of furan rings is 1. The number of nitro groups is 1. The number of ether oxygens (including phenoxy) is 1. The van der Waals surface area contributed by atoms with E-state index in [1.165, 1.54) is 24.3 Å². The average Bonchev–Trinajstić information content (AvgIpc) is 3.36. The number of carbonyl (C=O) groups excluding carboxylic acids is 1. The van der Waals surface area contributed by atoms with E-state index in [0.29, 0.717) is 18.1 Å². The second-order valence-corrected chi connectivity index (χ2v) is 6.07. The summed E-state index contributed by atoms with van der Waals surface area (Å²) in [5.74, 6) is 0.777. The second-order valence-electron chi connectivity index (χ2n) is 6.07. The maximum Gasteiger partial charge on any atom is 0.287 e. The van der Waals surface area contributed by atoms with Crippen LogP contribution in [-0.2, 0) is 13.2 Å². The lowest BCUT2D eigenvalue weighted by Crippen LogP contribution is -2.28. The van der Waals surface area contributed by atoms with E-state index in [4.69, 9.17) is 9.15 Å². The number of carbonyl (C=O) groups is 1. The smallest absolute Gasteiger partial charge is 0.287 e. The molecule has 0 spiro atoms. The van der Waals surface area contributed by atoms with Gasteiger partial charge in [-0.25, -0.2) is 0 Å². The Bertz CT molecular complexity index is 961. The molecule has 1 aromatic carbocycles. The first-order chi connectivity index (χ1) is 13.5. The number of benzene rings is 1. The Hall–Kier alpha value is -3.62. The minimum absolute atomic E-state index is 0.0113. The van der Waals surface area contributed by atoms with E-state index in [-0.39, 0.29) is 30.0 Å². The fourth-order valence-corrected chi connectivity index (χ4v) is 2.71. The topological polar surface area (TPSA) is 112 Å². The molecule has 1 N–H and O–H groups in total. The van der Waals surface area contributed by atoms with Gasteiger partial charge in [0.1, 0.15) is 18.1 Å². The molecule has 1 unspecified atom stereocenters. The Labute approximate surface area is 161 Å². The van der Waals surface area contributed by atoms with Crippen LogP contribution in [0.3, 0.4) is 0 Å². The van der Waals surface area contributed by atoms with Gasteiger partial charge in [0, 0.05) is 24.9 Å². The van der Waals surface area contributed by atoms with Gasteiger partial charge in [-0.05, 0) is 44.2 Å². The quantitative estimate of drug-likeness (QED) is 0.470. The summed E-state index contributed by atoms with van der Waals surface area (Å²) in [7, 11) is 0. The molecule has 3 rings (SSSR count). The number of nitro benzene ring substituents is 1. The van der Waals surface area contributed by atoms with Crippen molar-refractivity contribution in [2.45, 2.75) is 33.0 Å². The van der Waals surface area contributed by atoms with Crippen molar-refractivity contribution in [3.8, 4) is 5.75 Å². The van der Waals surface area contributed by atoms with Gasteiger partial charge in [0.2, 0.25) is 0 Å². The van der Waals surface area contributed by atoms with E-state index >= 15 is 0 Å². The maximum absolute atomic E-state index is 12.4. The molecule has 0 saturated heterocycles. The van der Waals surface area contributed by atoms with E-state index in [1.54, 1.807) is 18.3 Å². The zero-order valence-electron chi connectivity index (χ0n) is 15.5. The molecule has 0 radical (unpaired) electrons. The Morgan fingerprint density at radius 2 is 2.04 bits per heavy atom. The van der Waals surface area contributed by atoms with E-state index < -0.39 is 4.92 Å². The number of aromatic nitrogens is 2. The number of hydrogen-bond donors (Lipinski definition) is 1. The number of hydrogen-bond acceptors (Lipinski definition) is 6. The minimum atomic E-state index is -0.477. The highest BCUT2D eigenvalue weighted by Gasteiger charge is 2.17. The van der Waals surface area contributed by atoms with Gasteiger partial charge in [-0.1, -0.05) is 0 Å². The molecule has 28 heavy (non-hydrogen) atoms. The van der Waals surface area contributed by atoms with Gasteiger partial charge < -0.3 is 14.5 Å². The lowest BCUT2D eigenvalue weighted by Gasteiger charge is -2.14. The Morgan fingerprint density at radius 1 is 1.29 bits per heavy atom. The average molecular weight is 384 g/mol. The van der Waals surface area contributed by atoms with Crippen LogP contribution in [0.2, 0.25) is 0 Å². The molecule has 9 nitrogen and oxygen atoms in total. The van der Waals surface area contributed by atoms with Gasteiger partial charge in [0.25, 0.3) is 11.6 Å². The summed E-state index contributed by atoms with van der Waals surface area (Å²) in [6.07, 6.45) is 1.70. The van der Waals surface area contributed by atoms with Crippen molar-refractivity contribution < 1.29 is 18.9 Å². The molecule has 9 heteroatoms. The summed E-state index contributed by atoms with van der Waals surface area (Å²) in [6, 6.07) is 10.6. The summed E-state index contributed by atoms with van der Waals surface area (Å²) >= 11 is 0. The molecule has 2 heterocycles. The van der Waals surface area contributed by atoms with Crippen LogP contribution in [-0.4, -0.2) is 20.6 Å². The third kappa shape index (κ3) is 4.37. The first-order valence-electron chi connectivity index (χ1n) is 8.76. The predicted molar refractivity (Wildman–Crippen MR) is 99.9 cm³/mol. The Morgan fingerprint density at radius 3 is 2.71 bits per heavy atom. The summed E-state index contributed by atoms with van der Waals surface area (Å²) in [6.45, 7) is 4.67. The first-order valence-corrected chi connectivity index (χ1v) is 8.76. The molecule has 0 aliphatic rings. The third-order valence-corrected chi connectivity index (χ3v) is 4.15. The lowest BCUT2D eigenvalue weighted by atomic mass is 10.2. The van der Waals surface area contributed by atoms with Gasteiger partial charge in [0.05, 0.1) is 16.7 Å². The number of nitrogens with one attached hydrogen (secondary N) is 1. The van der Waals surface area contributed by atoms with E-state index in [1.807, 2.05) is 24.6 Å². The second kappa shape index (κ2) is 8.38. The van der Waals surface area contributed by atoms with Crippen LogP contribution in [0, 0.1) is 10.1 Å². The first kappa shape index (κ1) is 19.2. The molecular formula is C19H20N4O5. The van der Waals surface area contributed by atoms with Crippen molar-refractivity contribution in [3.05, 3.63) is 76.0 Å². The Kier molecular flexibility index (Phi) is 5.73. The van der Waals surface area contributed by atoms with Crippen molar-refractivity contribution in [2.24, 2.45) is 0 Å². The van der Waals surface area contributed by atoms with Gasteiger partial charge in [-0.15, -0.1) is 0 Å². The molecule has 0 aliphatic carbocycles. The molecule has 2 aromatic heterocycles. The molecule has 1 atom stereocenters. The van der Waals surface area contributed by atoms with E-state index in [0.717, 1.165) is 5.69 Å². The van der Waals surface area contributed by atoms with Crippen molar-refractivity contribution in [3.63, 3.8) is 0 Å². The SMILES string of the molecule is CCn1nccc1C(C)NC(=O)c1ccc(COc2ccc([N+](=O)[O-])cc2)o1. The van der Waals surface area contributed by atoms with Crippen LogP contribution in [0.1, 0.15) is 41.9 Å². The molecule has 0 aliphatic heterocycles. The van der Waals surface area contributed by atoms with Crippen molar-refractivity contribution in [1.82, 2.24) is 15.1 Å². The maximum atomic E-state index is 12.4. The Balaban J connectivity index is 1.57. The summed E-state index contributed by atoms with van der Waals surface area (Å²) < 4.78 is 12.9. The molecule has 0 bridgehead atoms. The van der Waals surface area contributed by atoms with Gasteiger partial charge in [-0.2, -0.15) is 5.10 Å². The van der Waals surface area contributed by atoms with E-state index in [9.17, 15) is 14.9 Å². The molecule has 146 valence electrons. The monoisotopic (exact) mass is 384 g/mol. The predicted octanol–water partition coefficient (Wildman–Crippen LogP) is 3.47. The van der Waals surface area contributed by atoms with Gasteiger partial charge in [-0.3, -0.25) is 19.6 Å². The zero-order valence-corrected chi connectivity index (χ0v) is 15.5. The fourth-order valence-electron chi connectivity index (χ4n) is 2.71. The molecular weight excluding hydrogens is 364 g/mol. The normalized spacial score (nSPS) is 11.8. The molecule has 0 saturated carbocycles. The summed E-state index contributed by atoms with van der Waals surface area (Å²) in [5.41, 5.74) is 0.895. The zero-order chi connectivity index (χ0) is 20.1. The number of rotatable bonds is 8. The summed E-state index contributed by atoms with van der Waals surface area (Å²) in [4.78, 5) is 22.6. The number of nitrogens with zero attached hydrogens (tertiary/aromatic N) is 3. The number of amides is 1. The van der Waals surface area contributed by atoms with Crippen molar-refractivity contribution >= 4 is 11.6 Å². The third-order valence-electron chi connectivity index (χ3n) is 4.15. The largest absolute Gasteiger partial charge is 0.486 e. The van der Waals surface area contributed by atoms with Gasteiger partial charge in [0.15, 0.2) is 5.76 Å². The molecule has 3 aromatic rings. The van der Waals surface area contributed by atoms with Crippen LogP contribution in [0.4, 0.5) is 5.69 Å². The van der Waals surface area contributed by atoms with Crippen molar-refractivity contribution in [1.29, 1.82) is 0 Å². The highest BCUT2D eigenvalue weighted by Crippen LogP contribution is 2.19. The standard InChI is InChI=1S/C19H20N4O5/c1-3-22-17(10-11-20-22)13(2)21-19(24)18-9-8-16(28-18)12-27-15-6-4-14(5-7-15)23(25)26/h4-11,13H,3,12H2,1-2H3,(H,21,24). The molecule has 1 amide bonds. The number of aryl methyl sites for hydroxylation is 1. The fraction of sp³-hybridized carbons (Fsp3) is 0.263. The van der Waals surface area contributed by atoms with Crippen LogP contribution >= 0.6 is 0 Å². The highest BCUT2D eigenvalue weighted by atomic mass is 16.6. The lowest BCUT2D eigenvalue weighted by molar-refractivity contribution is -0.384. The van der Waals surface area contributed by atoms with E-state index in [2.05, 4.69) is 10.4 Å². The van der Waals surface area contributed by atoms with Gasteiger partial charge >= 0.3 is 0 Å². The molecule has 0 fully saturated rings. The summed E-state index contributed by atoms with van der Waals surface area (Å²) in [5, 5.41) is 17.7. The van der Waals surface area contributed by atoms with Crippen LogP contribution < -0.4 is 10.1 Å². The minimum Gasteiger partial charge on any atom is -0.486 e. The van der Waals surface area contributed by atoms with Crippen LogP contribution in [0.15, 0.2) is 53.1 Å². The number of non-ortho nitro benzene ring substituents is 1. The highest BCUT2D eigenvalue weighted by molar-refractivity contribution is 5.91. The van der Waals surface area contributed by atoms with Crippen molar-refractivity contribution in [2.75, 3.05) is 0 Å². The van der Waals surface area contributed by atoms with Crippen LogP contribution in [0.5, 0.6) is 5.75 Å². The van der Waals surface area contributed by atoms with Crippen LogP contribution in [0.25, 0.3) is 0 Å².